The molecule has 0 saturated carbocycles. The molecule has 0 aliphatic carbocycles. The molecule has 2 N–H and O–H groups in total. The van der Waals surface area contributed by atoms with Gasteiger partial charge < -0.3 is 15.5 Å². The normalized spacial score (nSPS) is 15.7. The van der Waals surface area contributed by atoms with E-state index in [-0.39, 0.29) is 6.03 Å². The second-order valence-electron chi connectivity index (χ2n) is 5.18. The summed E-state index contributed by atoms with van der Waals surface area (Å²) in [5.74, 6) is 0. The van der Waals surface area contributed by atoms with Gasteiger partial charge in [0.25, 0.3) is 0 Å². The second kappa shape index (κ2) is 6.54. The average molecular weight is 337 g/mol. The molecule has 0 unspecified atom stereocenters. The van der Waals surface area contributed by atoms with Crippen LogP contribution in [0.5, 0.6) is 0 Å². The minimum atomic E-state index is -0.345. The maximum Gasteiger partial charge on any atom is 0.314 e. The minimum Gasteiger partial charge on any atom is -0.351 e. The summed E-state index contributed by atoms with van der Waals surface area (Å²) in [6.45, 7) is 3.00. The summed E-state index contributed by atoms with van der Waals surface area (Å²) in [5.41, 5.74) is 6.47. The number of hydrogen-bond donors (Lipinski definition) is 1. The zero-order valence-corrected chi connectivity index (χ0v) is 13.6. The highest BCUT2D eigenvalue weighted by molar-refractivity contribution is 7.18. The second-order valence-corrected chi connectivity index (χ2v) is 6.63. The molecule has 0 spiro atoms. The quantitative estimate of drug-likeness (QED) is 0.916. The van der Waals surface area contributed by atoms with Crippen molar-refractivity contribution in [2.45, 2.75) is 6.42 Å². The van der Waals surface area contributed by atoms with E-state index in [1.54, 1.807) is 16.2 Å². The van der Waals surface area contributed by atoms with Gasteiger partial charge in [-0.15, -0.1) is 0 Å². The van der Waals surface area contributed by atoms with Crippen LogP contribution in [0.25, 0.3) is 10.4 Å². The summed E-state index contributed by atoms with van der Waals surface area (Å²) in [5, 5.41) is 1.71. The van der Waals surface area contributed by atoms with Crippen LogP contribution in [0.3, 0.4) is 0 Å². The Bertz CT molecular complexity index is 658. The molecular formula is C15H17ClN4OS. The molecule has 1 aliphatic rings. The average Bonchev–Trinajstić information content (AvgIpc) is 2.85. The van der Waals surface area contributed by atoms with Gasteiger partial charge in [-0.1, -0.05) is 35.1 Å². The predicted molar refractivity (Wildman–Crippen MR) is 90.5 cm³/mol. The lowest BCUT2D eigenvalue weighted by atomic mass is 10.2. The molecule has 1 aromatic heterocycles. The molecule has 22 heavy (non-hydrogen) atoms. The van der Waals surface area contributed by atoms with Crippen LogP contribution in [0.1, 0.15) is 6.42 Å². The number of urea groups is 1. The molecule has 3 rings (SSSR count). The lowest BCUT2D eigenvalue weighted by Gasteiger charge is -2.20. The first-order valence-corrected chi connectivity index (χ1v) is 8.34. The lowest BCUT2D eigenvalue weighted by molar-refractivity contribution is 0.211. The predicted octanol–water partition coefficient (Wildman–Crippen LogP) is 3.05. The third-order valence-corrected chi connectivity index (χ3v) is 5.06. The van der Waals surface area contributed by atoms with Crippen LogP contribution < -0.4 is 10.6 Å². The van der Waals surface area contributed by atoms with Crippen LogP contribution in [-0.4, -0.2) is 42.1 Å². The molecule has 1 aromatic carbocycles. The zero-order valence-electron chi connectivity index (χ0n) is 12.0. The number of amides is 2. The van der Waals surface area contributed by atoms with Crippen molar-refractivity contribution in [2.75, 3.05) is 31.1 Å². The van der Waals surface area contributed by atoms with Gasteiger partial charge in [-0.2, -0.15) is 0 Å². The van der Waals surface area contributed by atoms with E-state index in [2.05, 4.69) is 9.88 Å². The van der Waals surface area contributed by atoms with Crippen molar-refractivity contribution >= 4 is 34.1 Å². The van der Waals surface area contributed by atoms with Crippen LogP contribution in [0.4, 0.5) is 9.93 Å². The fraction of sp³-hybridized carbons (Fsp3) is 0.333. The molecule has 116 valence electrons. The number of carbonyl (C=O) groups excluding carboxylic acids is 1. The molecule has 2 heterocycles. The number of primary amides is 1. The Morgan fingerprint density at radius 3 is 2.68 bits per heavy atom. The van der Waals surface area contributed by atoms with Crippen molar-refractivity contribution in [1.29, 1.82) is 0 Å². The van der Waals surface area contributed by atoms with Gasteiger partial charge in [0.2, 0.25) is 0 Å². The Hall–Kier alpha value is -1.79. The SMILES string of the molecule is NC(=O)N1CCCN(c2ncc(-c3ccc(Cl)cc3)s2)CC1. The van der Waals surface area contributed by atoms with Crippen molar-refractivity contribution in [3.63, 3.8) is 0 Å². The molecule has 1 aliphatic heterocycles. The first kappa shape index (κ1) is 15.1. The molecule has 7 heteroatoms. The van der Waals surface area contributed by atoms with E-state index in [0.717, 1.165) is 40.1 Å². The molecule has 0 radical (unpaired) electrons. The molecule has 2 aromatic rings. The summed E-state index contributed by atoms with van der Waals surface area (Å²) in [7, 11) is 0. The van der Waals surface area contributed by atoms with Gasteiger partial charge >= 0.3 is 6.03 Å². The minimum absolute atomic E-state index is 0.345. The van der Waals surface area contributed by atoms with Gasteiger partial charge in [-0.3, -0.25) is 0 Å². The Balaban J connectivity index is 1.73. The number of hydrogen-bond acceptors (Lipinski definition) is 4. The van der Waals surface area contributed by atoms with Crippen LogP contribution in [0, 0.1) is 0 Å². The van der Waals surface area contributed by atoms with Gasteiger partial charge in [0.15, 0.2) is 5.13 Å². The maximum atomic E-state index is 11.3. The van der Waals surface area contributed by atoms with Crippen LogP contribution in [0.2, 0.25) is 5.02 Å². The van der Waals surface area contributed by atoms with E-state index in [4.69, 9.17) is 17.3 Å². The van der Waals surface area contributed by atoms with Crippen LogP contribution in [0.15, 0.2) is 30.5 Å². The topological polar surface area (TPSA) is 62.5 Å². The fourth-order valence-corrected chi connectivity index (χ4v) is 3.59. The molecule has 1 saturated heterocycles. The lowest BCUT2D eigenvalue weighted by Crippen LogP contribution is -2.38. The van der Waals surface area contributed by atoms with E-state index in [0.29, 0.717) is 13.1 Å². The first-order valence-electron chi connectivity index (χ1n) is 7.14. The monoisotopic (exact) mass is 336 g/mol. The van der Waals surface area contributed by atoms with Crippen molar-refractivity contribution in [2.24, 2.45) is 5.73 Å². The third-order valence-electron chi connectivity index (χ3n) is 3.70. The fourth-order valence-electron chi connectivity index (χ4n) is 2.49. The number of thiazole rings is 1. The Kier molecular flexibility index (Phi) is 4.49. The summed E-state index contributed by atoms with van der Waals surface area (Å²) in [4.78, 5) is 20.8. The number of halogens is 1. The molecule has 1 fully saturated rings. The van der Waals surface area contributed by atoms with Gasteiger partial charge in [0.05, 0.1) is 4.88 Å². The summed E-state index contributed by atoms with van der Waals surface area (Å²) < 4.78 is 0. The Morgan fingerprint density at radius 1 is 1.18 bits per heavy atom. The van der Waals surface area contributed by atoms with Crippen LogP contribution in [-0.2, 0) is 0 Å². The number of anilines is 1. The molecule has 0 bridgehead atoms. The highest BCUT2D eigenvalue weighted by Crippen LogP contribution is 2.32. The van der Waals surface area contributed by atoms with E-state index >= 15 is 0 Å². The summed E-state index contributed by atoms with van der Waals surface area (Å²) in [6, 6.07) is 7.41. The number of benzene rings is 1. The largest absolute Gasteiger partial charge is 0.351 e. The number of carbonyl (C=O) groups is 1. The Morgan fingerprint density at radius 2 is 1.95 bits per heavy atom. The smallest absolute Gasteiger partial charge is 0.314 e. The summed E-state index contributed by atoms with van der Waals surface area (Å²) in [6.07, 6.45) is 2.79. The highest BCUT2D eigenvalue weighted by Gasteiger charge is 2.19. The number of nitrogens with zero attached hydrogens (tertiary/aromatic N) is 3. The van der Waals surface area contributed by atoms with Crippen molar-refractivity contribution in [1.82, 2.24) is 9.88 Å². The van der Waals surface area contributed by atoms with E-state index in [1.807, 2.05) is 30.5 Å². The number of aromatic nitrogens is 1. The van der Waals surface area contributed by atoms with Crippen molar-refractivity contribution in [3.05, 3.63) is 35.5 Å². The first-order chi connectivity index (χ1) is 10.6. The molecular weight excluding hydrogens is 320 g/mol. The van der Waals surface area contributed by atoms with E-state index in [9.17, 15) is 4.79 Å². The standard InChI is InChI=1S/C15H17ClN4OS/c16-12-4-2-11(3-5-12)13-10-18-15(22-13)20-7-1-6-19(8-9-20)14(17)21/h2-5,10H,1,6-9H2,(H2,17,21). The van der Waals surface area contributed by atoms with Crippen molar-refractivity contribution in [3.8, 4) is 10.4 Å². The summed E-state index contributed by atoms with van der Waals surface area (Å²) >= 11 is 7.57. The third kappa shape index (κ3) is 3.34. The van der Waals surface area contributed by atoms with Crippen LogP contribution >= 0.6 is 22.9 Å². The van der Waals surface area contributed by atoms with E-state index in [1.165, 1.54) is 0 Å². The van der Waals surface area contributed by atoms with Crippen molar-refractivity contribution < 1.29 is 4.79 Å². The maximum absolute atomic E-state index is 11.3. The van der Waals surface area contributed by atoms with Gasteiger partial charge in [0, 0.05) is 37.4 Å². The van der Waals surface area contributed by atoms with Gasteiger partial charge in [-0.25, -0.2) is 9.78 Å². The highest BCUT2D eigenvalue weighted by atomic mass is 35.5. The van der Waals surface area contributed by atoms with Gasteiger partial charge in [0.1, 0.15) is 0 Å². The van der Waals surface area contributed by atoms with E-state index < -0.39 is 0 Å². The molecule has 0 atom stereocenters. The zero-order chi connectivity index (χ0) is 15.5. The molecule has 5 nitrogen and oxygen atoms in total. The number of rotatable bonds is 2. The van der Waals surface area contributed by atoms with Gasteiger partial charge in [-0.05, 0) is 24.1 Å². The molecule has 2 amide bonds. The Labute approximate surface area is 138 Å². The number of nitrogens with two attached hydrogens (primary N) is 1.